The molecule has 2 N–H and O–H groups in total. The highest BCUT2D eigenvalue weighted by Crippen LogP contribution is 2.26. The van der Waals surface area contributed by atoms with E-state index in [0.29, 0.717) is 23.9 Å². The molecule has 0 spiro atoms. The Labute approximate surface area is 115 Å². The standard InChI is InChI=1S/C13H24N2O2S/c1-10-5-3-4-6-11(10)17-9-13(16)15(2)8-7-12(14)18/h10-11H,3-9H2,1-2H3,(H2,14,18). The highest BCUT2D eigenvalue weighted by atomic mass is 32.1. The molecule has 1 saturated carbocycles. The van der Waals surface area contributed by atoms with Gasteiger partial charge in [0.05, 0.1) is 11.1 Å². The molecule has 1 aliphatic carbocycles. The second kappa shape index (κ2) is 7.69. The molecule has 4 nitrogen and oxygen atoms in total. The summed E-state index contributed by atoms with van der Waals surface area (Å²) in [5, 5.41) is 0. The highest BCUT2D eigenvalue weighted by Gasteiger charge is 2.23. The number of hydrogen-bond acceptors (Lipinski definition) is 3. The number of ether oxygens (including phenoxy) is 1. The van der Waals surface area contributed by atoms with Gasteiger partial charge < -0.3 is 15.4 Å². The zero-order valence-electron chi connectivity index (χ0n) is 11.4. The van der Waals surface area contributed by atoms with Crippen LogP contribution in [0.25, 0.3) is 0 Å². The Hall–Kier alpha value is -0.680. The van der Waals surface area contributed by atoms with Crippen molar-refractivity contribution in [2.45, 2.75) is 45.1 Å². The number of hydrogen-bond donors (Lipinski definition) is 1. The molecule has 0 radical (unpaired) electrons. The van der Waals surface area contributed by atoms with Crippen molar-refractivity contribution >= 4 is 23.1 Å². The smallest absolute Gasteiger partial charge is 0.248 e. The van der Waals surface area contributed by atoms with Gasteiger partial charge in [-0.15, -0.1) is 0 Å². The van der Waals surface area contributed by atoms with Gasteiger partial charge in [0.1, 0.15) is 6.61 Å². The Bertz CT molecular complexity index is 297. The predicted octanol–water partition coefficient (Wildman–Crippen LogP) is 1.72. The Balaban J connectivity index is 2.24. The van der Waals surface area contributed by atoms with Crippen LogP contribution < -0.4 is 5.73 Å². The van der Waals surface area contributed by atoms with E-state index in [1.165, 1.54) is 19.3 Å². The van der Waals surface area contributed by atoms with Crippen LogP contribution in [-0.4, -0.2) is 42.1 Å². The van der Waals surface area contributed by atoms with Gasteiger partial charge in [0.2, 0.25) is 5.91 Å². The van der Waals surface area contributed by atoms with Gasteiger partial charge in [0.15, 0.2) is 0 Å². The molecule has 0 aromatic rings. The molecule has 0 saturated heterocycles. The van der Waals surface area contributed by atoms with Gasteiger partial charge in [-0.2, -0.15) is 0 Å². The summed E-state index contributed by atoms with van der Waals surface area (Å²) in [4.78, 5) is 13.9. The van der Waals surface area contributed by atoms with Crippen molar-refractivity contribution in [1.82, 2.24) is 4.90 Å². The molecule has 104 valence electrons. The van der Waals surface area contributed by atoms with E-state index < -0.39 is 0 Å². The molecule has 0 bridgehead atoms. The van der Waals surface area contributed by atoms with Crippen molar-refractivity contribution in [2.24, 2.45) is 11.7 Å². The zero-order valence-corrected chi connectivity index (χ0v) is 12.2. The van der Waals surface area contributed by atoms with E-state index in [9.17, 15) is 4.79 Å². The summed E-state index contributed by atoms with van der Waals surface area (Å²) in [6, 6.07) is 0. The maximum atomic E-state index is 11.8. The molecule has 1 fully saturated rings. The molecule has 18 heavy (non-hydrogen) atoms. The van der Waals surface area contributed by atoms with Crippen molar-refractivity contribution in [2.75, 3.05) is 20.2 Å². The number of amides is 1. The third kappa shape index (κ3) is 5.31. The zero-order chi connectivity index (χ0) is 13.5. The maximum absolute atomic E-state index is 11.8. The molecule has 2 unspecified atom stereocenters. The second-order valence-corrected chi connectivity index (χ2v) is 5.67. The van der Waals surface area contributed by atoms with E-state index in [1.807, 2.05) is 0 Å². The molecule has 1 rings (SSSR count). The van der Waals surface area contributed by atoms with E-state index in [1.54, 1.807) is 11.9 Å². The van der Waals surface area contributed by atoms with Crippen LogP contribution in [0.1, 0.15) is 39.0 Å². The van der Waals surface area contributed by atoms with Crippen molar-refractivity contribution in [3.05, 3.63) is 0 Å². The number of likely N-dealkylation sites (N-methyl/N-ethyl adjacent to an activating group) is 1. The first-order chi connectivity index (χ1) is 8.50. The second-order valence-electron chi connectivity index (χ2n) is 5.14. The Morgan fingerprint density at radius 1 is 1.44 bits per heavy atom. The van der Waals surface area contributed by atoms with Crippen LogP contribution >= 0.6 is 12.2 Å². The summed E-state index contributed by atoms with van der Waals surface area (Å²) in [7, 11) is 1.76. The SMILES string of the molecule is CC1CCCCC1OCC(=O)N(C)CCC(N)=S. The first-order valence-corrected chi connectivity index (χ1v) is 7.05. The number of carbonyl (C=O) groups is 1. The topological polar surface area (TPSA) is 55.6 Å². The van der Waals surface area contributed by atoms with E-state index >= 15 is 0 Å². The minimum Gasteiger partial charge on any atom is -0.393 e. The summed E-state index contributed by atoms with van der Waals surface area (Å²) in [5.41, 5.74) is 5.41. The first kappa shape index (κ1) is 15.4. The summed E-state index contributed by atoms with van der Waals surface area (Å²) in [6.45, 7) is 2.94. The molecule has 0 aromatic carbocycles. The van der Waals surface area contributed by atoms with Crippen molar-refractivity contribution in [3.63, 3.8) is 0 Å². The normalized spacial score (nSPS) is 23.7. The molecule has 0 aliphatic heterocycles. The lowest BCUT2D eigenvalue weighted by molar-refractivity contribution is -0.138. The van der Waals surface area contributed by atoms with Gasteiger partial charge in [-0.1, -0.05) is 32.0 Å². The molecule has 0 aromatic heterocycles. The van der Waals surface area contributed by atoms with Crippen LogP contribution in [0.3, 0.4) is 0 Å². The molecule has 1 aliphatic rings. The highest BCUT2D eigenvalue weighted by molar-refractivity contribution is 7.80. The van der Waals surface area contributed by atoms with Gasteiger partial charge in [-0.25, -0.2) is 0 Å². The molecule has 2 atom stereocenters. The number of carbonyl (C=O) groups excluding carboxylic acids is 1. The predicted molar refractivity (Wildman–Crippen MR) is 76.4 cm³/mol. The van der Waals surface area contributed by atoms with Gasteiger partial charge in [0.25, 0.3) is 0 Å². The van der Waals surface area contributed by atoms with Crippen molar-refractivity contribution < 1.29 is 9.53 Å². The van der Waals surface area contributed by atoms with Crippen LogP contribution in [0, 0.1) is 5.92 Å². The number of nitrogens with zero attached hydrogens (tertiary/aromatic N) is 1. The number of rotatable bonds is 6. The molecule has 5 heteroatoms. The van der Waals surface area contributed by atoms with E-state index in [0.717, 1.165) is 6.42 Å². The fourth-order valence-electron chi connectivity index (χ4n) is 2.22. The van der Waals surface area contributed by atoms with Crippen LogP contribution in [-0.2, 0) is 9.53 Å². The molecular weight excluding hydrogens is 248 g/mol. The quantitative estimate of drug-likeness (QED) is 0.748. The van der Waals surface area contributed by atoms with Crippen LogP contribution in [0.2, 0.25) is 0 Å². The monoisotopic (exact) mass is 272 g/mol. The molecule has 1 amide bonds. The number of nitrogens with two attached hydrogens (primary N) is 1. The largest absolute Gasteiger partial charge is 0.393 e. The number of thiocarbonyl (C=S) groups is 1. The van der Waals surface area contributed by atoms with Gasteiger partial charge >= 0.3 is 0 Å². The third-order valence-electron chi connectivity index (χ3n) is 3.57. The van der Waals surface area contributed by atoms with Crippen LogP contribution in [0.5, 0.6) is 0 Å². The molecular formula is C13H24N2O2S. The Kier molecular flexibility index (Phi) is 6.57. The minimum atomic E-state index is 0.00373. The van der Waals surface area contributed by atoms with E-state index in [2.05, 4.69) is 6.92 Å². The lowest BCUT2D eigenvalue weighted by atomic mass is 9.88. The summed E-state index contributed by atoms with van der Waals surface area (Å²) in [6.07, 6.45) is 5.58. The van der Waals surface area contributed by atoms with Crippen molar-refractivity contribution in [3.8, 4) is 0 Å². The van der Waals surface area contributed by atoms with E-state index in [4.69, 9.17) is 22.7 Å². The van der Waals surface area contributed by atoms with Crippen LogP contribution in [0.4, 0.5) is 0 Å². The Morgan fingerprint density at radius 3 is 2.72 bits per heavy atom. The van der Waals surface area contributed by atoms with Crippen molar-refractivity contribution in [1.29, 1.82) is 0 Å². The Morgan fingerprint density at radius 2 is 2.11 bits per heavy atom. The summed E-state index contributed by atoms with van der Waals surface area (Å²) >= 11 is 4.79. The van der Waals surface area contributed by atoms with Crippen LogP contribution in [0.15, 0.2) is 0 Å². The average Bonchev–Trinajstić information content (AvgIpc) is 2.34. The van der Waals surface area contributed by atoms with Gasteiger partial charge in [-0.05, 0) is 18.8 Å². The lowest BCUT2D eigenvalue weighted by Gasteiger charge is -2.29. The summed E-state index contributed by atoms with van der Waals surface area (Å²) < 4.78 is 5.73. The lowest BCUT2D eigenvalue weighted by Crippen LogP contribution is -2.35. The molecule has 0 heterocycles. The fourth-order valence-corrected chi connectivity index (χ4v) is 2.31. The average molecular weight is 272 g/mol. The third-order valence-corrected chi connectivity index (χ3v) is 3.78. The summed E-state index contributed by atoms with van der Waals surface area (Å²) in [5.74, 6) is 0.567. The van der Waals surface area contributed by atoms with E-state index in [-0.39, 0.29) is 18.6 Å². The maximum Gasteiger partial charge on any atom is 0.248 e. The first-order valence-electron chi connectivity index (χ1n) is 6.64. The minimum absolute atomic E-state index is 0.00373. The van der Waals surface area contributed by atoms with Gasteiger partial charge in [-0.3, -0.25) is 4.79 Å². The van der Waals surface area contributed by atoms with Gasteiger partial charge in [0, 0.05) is 20.0 Å². The fraction of sp³-hybridized carbons (Fsp3) is 0.846.